The quantitative estimate of drug-likeness (QED) is 0.533. The number of imidazole rings is 1. The largest absolute Gasteiger partial charge is 0.459 e. The van der Waals surface area contributed by atoms with Gasteiger partial charge in [-0.25, -0.2) is 4.79 Å². The van der Waals surface area contributed by atoms with Crippen molar-refractivity contribution in [3.63, 3.8) is 0 Å². The van der Waals surface area contributed by atoms with Crippen LogP contribution < -0.4 is 11.0 Å². The molecule has 0 aliphatic rings. The zero-order valence-corrected chi connectivity index (χ0v) is 16.7. The molecular formula is C20H16ClN3O3S. The second-order valence-corrected chi connectivity index (χ2v) is 7.78. The Morgan fingerprint density at radius 3 is 2.39 bits per heavy atom. The van der Waals surface area contributed by atoms with E-state index in [2.05, 4.69) is 5.32 Å². The molecule has 142 valence electrons. The standard InChI is InChI=1S/C20H16ClN3O3S/c1-23-15-10-14(22-19(25)17-4-3-9-27-17)18(11-16(15)24(2)20(23)26)28-13-7-5-12(21)6-8-13/h3-11H,1-2H3,(H,22,25). The van der Waals surface area contributed by atoms with Gasteiger partial charge in [-0.15, -0.1) is 0 Å². The van der Waals surface area contributed by atoms with Crippen LogP contribution in [0.5, 0.6) is 0 Å². The molecule has 28 heavy (non-hydrogen) atoms. The van der Waals surface area contributed by atoms with Crippen LogP contribution in [0.2, 0.25) is 5.02 Å². The fourth-order valence-corrected chi connectivity index (χ4v) is 3.97. The minimum Gasteiger partial charge on any atom is -0.459 e. The molecule has 1 amide bonds. The molecule has 0 fully saturated rings. The van der Waals surface area contributed by atoms with Crippen molar-refractivity contribution in [2.75, 3.05) is 5.32 Å². The first-order valence-corrected chi connectivity index (χ1v) is 9.61. The highest BCUT2D eigenvalue weighted by Crippen LogP contribution is 2.37. The number of amides is 1. The Labute approximate surface area is 169 Å². The maximum atomic E-state index is 12.5. The van der Waals surface area contributed by atoms with Crippen LogP contribution >= 0.6 is 23.4 Å². The Kier molecular flexibility index (Phi) is 4.78. The first-order chi connectivity index (χ1) is 13.4. The third kappa shape index (κ3) is 3.34. The van der Waals surface area contributed by atoms with Gasteiger partial charge in [0.05, 0.1) is 23.0 Å². The normalized spacial score (nSPS) is 11.1. The van der Waals surface area contributed by atoms with Gasteiger partial charge in [-0.2, -0.15) is 0 Å². The van der Waals surface area contributed by atoms with Gasteiger partial charge in [0.15, 0.2) is 5.76 Å². The number of nitrogens with one attached hydrogen (secondary N) is 1. The predicted octanol–water partition coefficient (Wildman–Crippen LogP) is 4.53. The second-order valence-electron chi connectivity index (χ2n) is 6.23. The van der Waals surface area contributed by atoms with Gasteiger partial charge in [-0.3, -0.25) is 13.9 Å². The molecule has 2 aromatic carbocycles. The van der Waals surface area contributed by atoms with Crippen molar-refractivity contribution in [1.82, 2.24) is 9.13 Å². The van der Waals surface area contributed by atoms with Gasteiger partial charge in [-0.05, 0) is 48.5 Å². The molecule has 0 aliphatic carbocycles. The van der Waals surface area contributed by atoms with Gasteiger partial charge < -0.3 is 9.73 Å². The molecule has 8 heteroatoms. The summed E-state index contributed by atoms with van der Waals surface area (Å²) >= 11 is 7.45. The van der Waals surface area contributed by atoms with Gasteiger partial charge in [0.2, 0.25) is 0 Å². The van der Waals surface area contributed by atoms with Gasteiger partial charge in [-0.1, -0.05) is 23.4 Å². The minimum atomic E-state index is -0.358. The van der Waals surface area contributed by atoms with E-state index in [1.165, 1.54) is 18.0 Å². The summed E-state index contributed by atoms with van der Waals surface area (Å²) in [4.78, 5) is 26.6. The number of hydrogen-bond acceptors (Lipinski definition) is 4. The molecule has 0 radical (unpaired) electrons. The lowest BCUT2D eigenvalue weighted by Crippen LogP contribution is -2.19. The number of aryl methyl sites for hydroxylation is 2. The van der Waals surface area contributed by atoms with Crippen LogP contribution in [0.4, 0.5) is 5.69 Å². The summed E-state index contributed by atoms with van der Waals surface area (Å²) in [5.41, 5.74) is 1.96. The lowest BCUT2D eigenvalue weighted by molar-refractivity contribution is 0.0996. The molecule has 0 spiro atoms. The van der Waals surface area contributed by atoms with Crippen molar-refractivity contribution in [3.05, 3.63) is 76.1 Å². The van der Waals surface area contributed by atoms with Crippen molar-refractivity contribution in [2.24, 2.45) is 14.1 Å². The van der Waals surface area contributed by atoms with E-state index in [-0.39, 0.29) is 17.4 Å². The lowest BCUT2D eigenvalue weighted by atomic mass is 10.2. The predicted molar refractivity (Wildman–Crippen MR) is 110 cm³/mol. The number of nitrogens with zero attached hydrogens (tertiary/aromatic N) is 2. The zero-order valence-electron chi connectivity index (χ0n) is 15.1. The number of rotatable bonds is 4. The number of carbonyl (C=O) groups is 1. The van der Waals surface area contributed by atoms with Crippen molar-refractivity contribution < 1.29 is 9.21 Å². The fraction of sp³-hybridized carbons (Fsp3) is 0.100. The zero-order chi connectivity index (χ0) is 19.8. The Morgan fingerprint density at radius 2 is 1.75 bits per heavy atom. The van der Waals surface area contributed by atoms with E-state index in [1.807, 2.05) is 30.3 Å². The Bertz CT molecular complexity index is 1220. The number of halogens is 1. The van der Waals surface area contributed by atoms with Gasteiger partial charge >= 0.3 is 5.69 Å². The summed E-state index contributed by atoms with van der Waals surface area (Å²) < 4.78 is 8.31. The Balaban J connectivity index is 1.82. The number of aromatic nitrogens is 2. The molecule has 0 atom stereocenters. The molecule has 0 unspecified atom stereocenters. The molecule has 0 bridgehead atoms. The highest BCUT2D eigenvalue weighted by Gasteiger charge is 2.17. The lowest BCUT2D eigenvalue weighted by Gasteiger charge is -2.12. The topological polar surface area (TPSA) is 69.2 Å². The monoisotopic (exact) mass is 413 g/mol. The maximum Gasteiger partial charge on any atom is 0.328 e. The van der Waals surface area contributed by atoms with Gasteiger partial charge in [0.1, 0.15) is 0 Å². The summed E-state index contributed by atoms with van der Waals surface area (Å²) in [7, 11) is 3.43. The molecule has 2 aromatic heterocycles. The maximum absolute atomic E-state index is 12.5. The van der Waals surface area contributed by atoms with Crippen LogP contribution in [0.3, 0.4) is 0 Å². The highest BCUT2D eigenvalue weighted by atomic mass is 35.5. The smallest absolute Gasteiger partial charge is 0.328 e. The molecular weight excluding hydrogens is 398 g/mol. The number of fused-ring (bicyclic) bond motifs is 1. The van der Waals surface area contributed by atoms with Crippen LogP contribution in [0, 0.1) is 0 Å². The fourth-order valence-electron chi connectivity index (χ4n) is 2.93. The number of hydrogen-bond donors (Lipinski definition) is 1. The third-order valence-electron chi connectivity index (χ3n) is 4.41. The number of anilines is 1. The first-order valence-electron chi connectivity index (χ1n) is 8.42. The highest BCUT2D eigenvalue weighted by molar-refractivity contribution is 7.99. The molecule has 0 saturated carbocycles. The molecule has 6 nitrogen and oxygen atoms in total. The van der Waals surface area contributed by atoms with E-state index in [4.69, 9.17) is 16.0 Å². The summed E-state index contributed by atoms with van der Waals surface area (Å²) in [5.74, 6) is -0.146. The van der Waals surface area contributed by atoms with Crippen LogP contribution in [0.15, 0.2) is 73.8 Å². The van der Waals surface area contributed by atoms with Crippen molar-refractivity contribution in [2.45, 2.75) is 9.79 Å². The van der Waals surface area contributed by atoms with E-state index >= 15 is 0 Å². The average molecular weight is 414 g/mol. The number of benzene rings is 2. The molecule has 2 heterocycles. The summed E-state index contributed by atoms with van der Waals surface area (Å²) in [5, 5.41) is 3.54. The van der Waals surface area contributed by atoms with Crippen molar-refractivity contribution in [3.8, 4) is 0 Å². The molecule has 1 N–H and O–H groups in total. The SMILES string of the molecule is Cn1c(=O)n(C)c2cc(Sc3ccc(Cl)cc3)c(NC(=O)c3ccco3)cc21. The summed E-state index contributed by atoms with van der Waals surface area (Å²) in [6.45, 7) is 0. The number of carbonyl (C=O) groups excluding carboxylic acids is 1. The van der Waals surface area contributed by atoms with E-state index in [0.717, 1.165) is 20.8 Å². The summed E-state index contributed by atoms with van der Waals surface area (Å²) in [6.07, 6.45) is 1.45. The van der Waals surface area contributed by atoms with Crippen LogP contribution in [0.1, 0.15) is 10.6 Å². The molecule has 0 saturated heterocycles. The number of furan rings is 1. The Hall–Kier alpha value is -2.90. The van der Waals surface area contributed by atoms with Crippen LogP contribution in [-0.2, 0) is 14.1 Å². The summed E-state index contributed by atoms with van der Waals surface area (Å²) in [6, 6.07) is 14.4. The van der Waals surface area contributed by atoms with E-state index in [0.29, 0.717) is 10.7 Å². The molecule has 0 aliphatic heterocycles. The van der Waals surface area contributed by atoms with Crippen molar-refractivity contribution >= 4 is 46.0 Å². The Morgan fingerprint density at radius 1 is 1.07 bits per heavy atom. The molecule has 4 aromatic rings. The van der Waals surface area contributed by atoms with Crippen LogP contribution in [0.25, 0.3) is 11.0 Å². The van der Waals surface area contributed by atoms with E-state index in [1.54, 1.807) is 41.4 Å². The first kappa shape index (κ1) is 18.5. The molecule has 4 rings (SSSR count). The van der Waals surface area contributed by atoms with E-state index in [9.17, 15) is 9.59 Å². The van der Waals surface area contributed by atoms with Crippen LogP contribution in [-0.4, -0.2) is 15.0 Å². The van der Waals surface area contributed by atoms with Gasteiger partial charge in [0, 0.05) is 28.9 Å². The van der Waals surface area contributed by atoms with Crippen molar-refractivity contribution in [1.29, 1.82) is 0 Å². The van der Waals surface area contributed by atoms with Gasteiger partial charge in [0.25, 0.3) is 5.91 Å². The minimum absolute atomic E-state index is 0.132. The second kappa shape index (κ2) is 7.26. The van der Waals surface area contributed by atoms with E-state index < -0.39 is 0 Å². The third-order valence-corrected chi connectivity index (χ3v) is 5.73. The average Bonchev–Trinajstić information content (AvgIpc) is 3.29.